The molecule has 2 aromatic carbocycles. The van der Waals surface area contributed by atoms with Crippen molar-refractivity contribution >= 4 is 40.2 Å². The van der Waals surface area contributed by atoms with Gasteiger partial charge in [-0.3, -0.25) is 4.79 Å². The highest BCUT2D eigenvalue weighted by Crippen LogP contribution is 2.18. The Balaban J connectivity index is 1.73. The van der Waals surface area contributed by atoms with Gasteiger partial charge in [-0.15, -0.1) is 12.6 Å². The zero-order chi connectivity index (χ0) is 20.3. The number of sulfonamides is 1. The van der Waals surface area contributed by atoms with E-state index in [4.69, 9.17) is 0 Å². The summed E-state index contributed by atoms with van der Waals surface area (Å²) in [6, 6.07) is 14.3. The van der Waals surface area contributed by atoms with Crippen LogP contribution in [0.25, 0.3) is 0 Å². The summed E-state index contributed by atoms with van der Waals surface area (Å²) in [6.45, 7) is 3.52. The molecule has 3 rings (SSSR count). The van der Waals surface area contributed by atoms with Gasteiger partial charge in [0.1, 0.15) is 0 Å². The Morgan fingerprint density at radius 2 is 1.50 bits per heavy atom. The molecule has 2 N–H and O–H groups in total. The maximum atomic E-state index is 12.5. The second-order valence-electron chi connectivity index (χ2n) is 6.11. The van der Waals surface area contributed by atoms with E-state index in [1.165, 1.54) is 24.3 Å². The van der Waals surface area contributed by atoms with Crippen LogP contribution in [-0.4, -0.2) is 24.3 Å². The quantitative estimate of drug-likeness (QED) is 0.555. The summed E-state index contributed by atoms with van der Waals surface area (Å²) in [5, 5.41) is 2.72. The number of nitrogens with zero attached hydrogens (tertiary/aromatic N) is 2. The van der Waals surface area contributed by atoms with E-state index in [1.807, 2.05) is 0 Å². The Hall–Kier alpha value is -2.91. The first kappa shape index (κ1) is 19.8. The predicted molar refractivity (Wildman–Crippen MR) is 110 cm³/mol. The summed E-state index contributed by atoms with van der Waals surface area (Å²) < 4.78 is 27.4. The first-order chi connectivity index (χ1) is 13.2. The first-order valence-corrected chi connectivity index (χ1v) is 10.2. The van der Waals surface area contributed by atoms with Crippen LogP contribution in [0.2, 0.25) is 0 Å². The van der Waals surface area contributed by atoms with Crippen molar-refractivity contribution in [3.8, 4) is 0 Å². The van der Waals surface area contributed by atoms with Gasteiger partial charge in [0.25, 0.3) is 15.9 Å². The fraction of sp³-hybridized carbons (Fsp3) is 0.105. The molecule has 0 saturated heterocycles. The predicted octanol–water partition coefficient (Wildman–Crippen LogP) is 3.44. The van der Waals surface area contributed by atoms with Gasteiger partial charge in [-0.25, -0.2) is 23.1 Å². The summed E-state index contributed by atoms with van der Waals surface area (Å²) in [5.41, 5.74) is 2.27. The van der Waals surface area contributed by atoms with Crippen LogP contribution < -0.4 is 10.0 Å². The maximum Gasteiger partial charge on any atom is 0.264 e. The molecule has 0 unspecified atom stereocenters. The van der Waals surface area contributed by atoms with Crippen LogP contribution in [0.15, 0.2) is 64.4 Å². The van der Waals surface area contributed by atoms with Gasteiger partial charge in [0, 0.05) is 27.5 Å². The first-order valence-electron chi connectivity index (χ1n) is 8.28. The summed E-state index contributed by atoms with van der Waals surface area (Å²) in [5.74, 6) is -0.284. The second-order valence-corrected chi connectivity index (χ2v) is 8.30. The van der Waals surface area contributed by atoms with E-state index in [1.54, 1.807) is 44.2 Å². The van der Waals surface area contributed by atoms with Crippen molar-refractivity contribution in [1.82, 2.24) is 9.97 Å². The number of anilines is 2. The highest BCUT2D eigenvalue weighted by Gasteiger charge is 2.16. The van der Waals surface area contributed by atoms with Gasteiger partial charge in [-0.1, -0.05) is 0 Å². The van der Waals surface area contributed by atoms with Crippen molar-refractivity contribution in [3.05, 3.63) is 71.5 Å². The Morgan fingerprint density at radius 3 is 2.07 bits per heavy atom. The smallest absolute Gasteiger partial charge is 0.264 e. The van der Waals surface area contributed by atoms with E-state index in [0.717, 1.165) is 4.90 Å². The number of rotatable bonds is 5. The van der Waals surface area contributed by atoms with E-state index >= 15 is 0 Å². The Morgan fingerprint density at radius 1 is 0.929 bits per heavy atom. The molecular formula is C19H18N4O3S2. The molecule has 0 radical (unpaired) electrons. The van der Waals surface area contributed by atoms with E-state index in [9.17, 15) is 13.2 Å². The molecule has 7 nitrogen and oxygen atoms in total. The molecular weight excluding hydrogens is 396 g/mol. The van der Waals surface area contributed by atoms with E-state index in [0.29, 0.717) is 22.6 Å². The molecule has 0 bridgehead atoms. The van der Waals surface area contributed by atoms with Crippen LogP contribution in [-0.2, 0) is 10.0 Å². The van der Waals surface area contributed by atoms with E-state index < -0.39 is 10.0 Å². The molecule has 3 aromatic rings. The number of benzene rings is 2. The molecule has 1 heterocycles. The molecule has 0 aliphatic carbocycles. The highest BCUT2D eigenvalue weighted by atomic mass is 32.2. The van der Waals surface area contributed by atoms with Crippen LogP contribution >= 0.6 is 12.6 Å². The minimum atomic E-state index is -3.85. The second kappa shape index (κ2) is 7.99. The van der Waals surface area contributed by atoms with Crippen molar-refractivity contribution in [1.29, 1.82) is 0 Å². The number of aryl methyl sites for hydroxylation is 2. The molecule has 28 heavy (non-hydrogen) atoms. The average Bonchev–Trinajstić information content (AvgIpc) is 2.61. The van der Waals surface area contributed by atoms with Crippen molar-refractivity contribution in [2.45, 2.75) is 23.6 Å². The minimum Gasteiger partial charge on any atom is -0.322 e. The summed E-state index contributed by atoms with van der Waals surface area (Å²) >= 11 is 4.18. The Labute approximate surface area is 168 Å². The molecule has 0 spiro atoms. The molecule has 0 aliphatic heterocycles. The Kier molecular flexibility index (Phi) is 5.66. The zero-order valence-electron chi connectivity index (χ0n) is 15.2. The number of amides is 1. The third-order valence-electron chi connectivity index (χ3n) is 3.76. The fourth-order valence-corrected chi connectivity index (χ4v) is 3.58. The molecule has 1 aromatic heterocycles. The van der Waals surface area contributed by atoms with Gasteiger partial charge in [-0.05, 0) is 68.4 Å². The number of nitrogens with one attached hydrogen (secondary N) is 2. The van der Waals surface area contributed by atoms with Crippen molar-refractivity contribution < 1.29 is 13.2 Å². The minimum absolute atomic E-state index is 0.0162. The largest absolute Gasteiger partial charge is 0.322 e. The number of carbonyl (C=O) groups excluding carboxylic acids is 1. The van der Waals surface area contributed by atoms with E-state index in [-0.39, 0.29) is 16.8 Å². The molecule has 9 heteroatoms. The summed E-state index contributed by atoms with van der Waals surface area (Å²) in [6.07, 6.45) is 0. The summed E-state index contributed by atoms with van der Waals surface area (Å²) in [4.78, 5) is 21.2. The SMILES string of the molecule is Cc1cc(C)nc(NS(=O)(=O)c2ccc(NC(=O)c3ccc(S)cc3)cc2)n1. The maximum absolute atomic E-state index is 12.5. The van der Waals surface area contributed by atoms with Gasteiger partial charge in [0.15, 0.2) is 0 Å². The number of aromatic nitrogens is 2. The van der Waals surface area contributed by atoms with Gasteiger partial charge < -0.3 is 5.32 Å². The topological polar surface area (TPSA) is 101 Å². The summed E-state index contributed by atoms with van der Waals surface area (Å²) in [7, 11) is -3.85. The molecule has 144 valence electrons. The lowest BCUT2D eigenvalue weighted by molar-refractivity contribution is 0.102. The molecule has 1 amide bonds. The van der Waals surface area contributed by atoms with Crippen molar-refractivity contribution in [2.24, 2.45) is 0 Å². The van der Waals surface area contributed by atoms with Gasteiger partial charge in [-0.2, -0.15) is 0 Å². The van der Waals surface area contributed by atoms with Gasteiger partial charge >= 0.3 is 0 Å². The fourth-order valence-electron chi connectivity index (χ4n) is 2.48. The van der Waals surface area contributed by atoms with Crippen molar-refractivity contribution in [2.75, 3.05) is 10.0 Å². The highest BCUT2D eigenvalue weighted by molar-refractivity contribution is 7.92. The monoisotopic (exact) mass is 414 g/mol. The molecule has 0 atom stereocenters. The normalized spacial score (nSPS) is 11.1. The standard InChI is InChI=1S/C19H18N4O3S2/c1-12-11-13(2)21-19(20-12)23-28(25,26)17-9-5-15(6-10-17)22-18(24)14-3-7-16(27)8-4-14/h3-11,27H,1-2H3,(H,22,24)(H,20,21,23). The number of hydrogen-bond donors (Lipinski definition) is 3. The van der Waals surface area contributed by atoms with E-state index in [2.05, 4.69) is 32.6 Å². The van der Waals surface area contributed by atoms with Crippen LogP contribution in [0.4, 0.5) is 11.6 Å². The number of carbonyl (C=O) groups is 1. The van der Waals surface area contributed by atoms with Crippen LogP contribution in [0, 0.1) is 13.8 Å². The van der Waals surface area contributed by atoms with Crippen LogP contribution in [0.1, 0.15) is 21.7 Å². The average molecular weight is 415 g/mol. The van der Waals surface area contributed by atoms with Gasteiger partial charge in [0.05, 0.1) is 4.90 Å². The molecule has 0 aliphatic rings. The Bertz CT molecular complexity index is 1090. The van der Waals surface area contributed by atoms with Crippen molar-refractivity contribution in [3.63, 3.8) is 0 Å². The van der Waals surface area contributed by atoms with Crippen LogP contribution in [0.5, 0.6) is 0 Å². The van der Waals surface area contributed by atoms with Gasteiger partial charge in [0.2, 0.25) is 5.95 Å². The third kappa shape index (κ3) is 4.87. The molecule has 0 saturated carbocycles. The number of thiol groups is 1. The lowest BCUT2D eigenvalue weighted by Crippen LogP contribution is -2.16. The zero-order valence-corrected chi connectivity index (χ0v) is 16.9. The molecule has 0 fully saturated rings. The lowest BCUT2D eigenvalue weighted by Gasteiger charge is -2.09. The lowest BCUT2D eigenvalue weighted by atomic mass is 10.2. The number of hydrogen-bond acceptors (Lipinski definition) is 6. The third-order valence-corrected chi connectivity index (χ3v) is 5.40. The van der Waals surface area contributed by atoms with Crippen LogP contribution in [0.3, 0.4) is 0 Å².